The van der Waals surface area contributed by atoms with Crippen LogP contribution in [0.15, 0.2) is 29.7 Å². The predicted molar refractivity (Wildman–Crippen MR) is 119 cm³/mol. The van der Waals surface area contributed by atoms with Crippen molar-refractivity contribution in [3.63, 3.8) is 0 Å². The number of carbonyl (C=O) groups is 1. The maximum Gasteiger partial charge on any atom is 0.341 e. The first-order valence-electron chi connectivity index (χ1n) is 10.6. The summed E-state index contributed by atoms with van der Waals surface area (Å²) in [5.74, 6) is -2.05. The van der Waals surface area contributed by atoms with E-state index in [9.17, 15) is 14.7 Å². The quantitative estimate of drug-likeness (QED) is 0.361. The predicted octanol–water partition coefficient (Wildman–Crippen LogP) is 3.24. The van der Waals surface area contributed by atoms with E-state index in [0.29, 0.717) is 25.0 Å². The fourth-order valence-electron chi connectivity index (χ4n) is 4.45. The van der Waals surface area contributed by atoms with Gasteiger partial charge in [-0.25, -0.2) is 14.2 Å². The second kappa shape index (κ2) is 8.89. The number of benzene rings is 1. The molecule has 0 aliphatic heterocycles. The van der Waals surface area contributed by atoms with E-state index < -0.39 is 22.8 Å². The largest absolute Gasteiger partial charge is 0.492 e. The molecule has 1 aromatic carbocycles. The van der Waals surface area contributed by atoms with Crippen molar-refractivity contribution in [2.24, 2.45) is 0 Å². The highest BCUT2D eigenvalue weighted by Crippen LogP contribution is 2.42. The Morgan fingerprint density at radius 3 is 2.78 bits per heavy atom. The Labute approximate surface area is 183 Å². The van der Waals surface area contributed by atoms with Crippen molar-refractivity contribution in [2.45, 2.75) is 44.7 Å². The van der Waals surface area contributed by atoms with Crippen LogP contribution in [0.5, 0.6) is 5.75 Å². The van der Waals surface area contributed by atoms with E-state index >= 15 is 4.39 Å². The van der Waals surface area contributed by atoms with Crippen molar-refractivity contribution < 1.29 is 19.0 Å². The molecule has 3 aromatic rings. The zero-order valence-corrected chi connectivity index (χ0v) is 17.8. The van der Waals surface area contributed by atoms with Crippen LogP contribution in [0.3, 0.4) is 0 Å². The van der Waals surface area contributed by atoms with Crippen LogP contribution in [0.4, 0.5) is 15.8 Å². The molecule has 0 saturated heterocycles. The number of methoxy groups -OCH3 is 1. The van der Waals surface area contributed by atoms with Gasteiger partial charge >= 0.3 is 5.97 Å². The number of anilines is 2. The number of fused-ring (bicyclic) bond motifs is 1. The number of ether oxygens (including phenoxy) is 1. The number of carboxylic acid groups (broad SMARTS) is 1. The van der Waals surface area contributed by atoms with Gasteiger partial charge < -0.3 is 30.0 Å². The molecule has 170 valence electrons. The number of halogens is 1. The number of nitrogen functional groups attached to an aromatic ring is 1. The molecule has 1 saturated carbocycles. The summed E-state index contributed by atoms with van der Waals surface area (Å²) in [4.78, 5) is 28.7. The second-order valence-electron chi connectivity index (χ2n) is 7.96. The molecule has 0 unspecified atom stereocenters. The van der Waals surface area contributed by atoms with Gasteiger partial charge in [0.2, 0.25) is 5.43 Å². The number of imidazole rings is 1. The highest BCUT2D eigenvalue weighted by atomic mass is 19.1. The van der Waals surface area contributed by atoms with Crippen LogP contribution in [-0.2, 0) is 6.54 Å². The number of aromatic nitrogens is 3. The first-order chi connectivity index (χ1) is 15.4. The first-order valence-corrected chi connectivity index (χ1v) is 10.6. The number of carboxylic acids is 1. The van der Waals surface area contributed by atoms with E-state index in [4.69, 9.17) is 10.5 Å². The maximum atomic E-state index is 15.3. The number of hydrogen-bond donors (Lipinski definition) is 3. The van der Waals surface area contributed by atoms with Gasteiger partial charge in [-0.2, -0.15) is 0 Å². The van der Waals surface area contributed by atoms with Crippen LogP contribution in [0.2, 0.25) is 0 Å². The van der Waals surface area contributed by atoms with Crippen LogP contribution >= 0.6 is 0 Å². The normalized spacial score (nSPS) is 14.2. The smallest absolute Gasteiger partial charge is 0.341 e. The van der Waals surface area contributed by atoms with Crippen LogP contribution in [-0.4, -0.2) is 38.8 Å². The van der Waals surface area contributed by atoms with Gasteiger partial charge in [0.25, 0.3) is 0 Å². The monoisotopic (exact) mass is 443 g/mol. The molecule has 1 aliphatic carbocycles. The topological polar surface area (TPSA) is 124 Å². The molecule has 0 spiro atoms. The summed E-state index contributed by atoms with van der Waals surface area (Å²) in [5, 5.41) is 12.5. The number of pyridine rings is 1. The Kier molecular flexibility index (Phi) is 6.02. The highest BCUT2D eigenvalue weighted by molar-refractivity contribution is 6.03. The summed E-state index contributed by atoms with van der Waals surface area (Å²) in [6, 6.07) is -0.0240. The van der Waals surface area contributed by atoms with Gasteiger partial charge in [-0.05, 0) is 19.3 Å². The van der Waals surface area contributed by atoms with E-state index in [1.807, 2.05) is 10.8 Å². The van der Waals surface area contributed by atoms with Crippen molar-refractivity contribution in [3.05, 3.63) is 46.5 Å². The summed E-state index contributed by atoms with van der Waals surface area (Å²) in [6.07, 6.45) is 10.9. The molecular weight excluding hydrogens is 417 g/mol. The minimum atomic E-state index is -1.37. The Balaban J connectivity index is 1.83. The molecule has 9 nitrogen and oxygen atoms in total. The molecule has 1 fully saturated rings. The summed E-state index contributed by atoms with van der Waals surface area (Å²) in [5.41, 5.74) is 4.84. The fourth-order valence-corrected chi connectivity index (χ4v) is 4.45. The number of nitrogens with two attached hydrogens (primary N) is 1. The molecule has 0 amide bonds. The first kappa shape index (κ1) is 21.7. The Hall–Kier alpha value is -3.56. The molecule has 1 aliphatic rings. The molecule has 0 atom stereocenters. The number of rotatable bonds is 8. The molecule has 2 heterocycles. The lowest BCUT2D eigenvalue weighted by atomic mass is 10.0. The number of aryl methyl sites for hydroxylation is 1. The average molecular weight is 443 g/mol. The maximum absolute atomic E-state index is 15.3. The van der Waals surface area contributed by atoms with Gasteiger partial charge in [0.05, 0.1) is 30.0 Å². The molecule has 10 heteroatoms. The summed E-state index contributed by atoms with van der Waals surface area (Å²) in [7, 11) is 1.40. The summed E-state index contributed by atoms with van der Waals surface area (Å²) in [6.45, 7) is 1.12. The molecule has 32 heavy (non-hydrogen) atoms. The molecule has 0 radical (unpaired) electrons. The van der Waals surface area contributed by atoms with E-state index in [2.05, 4.69) is 10.3 Å². The van der Waals surface area contributed by atoms with Crippen molar-refractivity contribution in [1.82, 2.24) is 14.1 Å². The highest BCUT2D eigenvalue weighted by Gasteiger charge is 2.29. The zero-order valence-electron chi connectivity index (χ0n) is 17.8. The van der Waals surface area contributed by atoms with Crippen molar-refractivity contribution in [2.75, 3.05) is 24.7 Å². The Morgan fingerprint density at radius 1 is 1.41 bits per heavy atom. The van der Waals surface area contributed by atoms with Gasteiger partial charge in [0.15, 0.2) is 11.6 Å². The third-order valence-corrected chi connectivity index (χ3v) is 6.01. The van der Waals surface area contributed by atoms with Crippen molar-refractivity contribution >= 4 is 28.2 Å². The van der Waals surface area contributed by atoms with Gasteiger partial charge in [-0.1, -0.05) is 12.8 Å². The summed E-state index contributed by atoms with van der Waals surface area (Å²) < 4.78 is 24.5. The fraction of sp³-hybridized carbons (Fsp3) is 0.409. The molecule has 0 bridgehead atoms. The minimum absolute atomic E-state index is 0.0240. The second-order valence-corrected chi connectivity index (χ2v) is 7.96. The summed E-state index contributed by atoms with van der Waals surface area (Å²) >= 11 is 0. The number of hydrogen-bond acceptors (Lipinski definition) is 6. The third-order valence-electron chi connectivity index (χ3n) is 6.01. The van der Waals surface area contributed by atoms with Gasteiger partial charge in [-0.3, -0.25) is 4.79 Å². The van der Waals surface area contributed by atoms with Gasteiger partial charge in [0.1, 0.15) is 11.3 Å². The molecule has 2 aromatic heterocycles. The van der Waals surface area contributed by atoms with Gasteiger partial charge in [-0.15, -0.1) is 0 Å². The van der Waals surface area contributed by atoms with E-state index in [1.165, 1.54) is 13.3 Å². The lowest BCUT2D eigenvalue weighted by molar-refractivity contribution is 0.0694. The van der Waals surface area contributed by atoms with E-state index in [-0.39, 0.29) is 28.6 Å². The SMILES string of the molecule is COc1c(NCCCn2ccnc2)c(F)c(N)c2c(=O)c(C(=O)O)cn(C3CCCC3)c12. The number of nitrogens with zero attached hydrogens (tertiary/aromatic N) is 3. The standard InChI is InChI=1S/C22H26FN5O4/c1-32-21-18(26-7-4-9-27-10-8-25-12-27)16(23)17(24)15-19(21)28(13-5-2-3-6-13)11-14(20(15)29)22(30)31/h8,10-13,26H,2-7,9,24H2,1H3,(H,30,31). The van der Waals surface area contributed by atoms with Crippen molar-refractivity contribution in [3.8, 4) is 5.75 Å². The van der Waals surface area contributed by atoms with Crippen LogP contribution in [0, 0.1) is 5.82 Å². The number of nitrogens with one attached hydrogen (secondary N) is 1. The Bertz CT molecular complexity index is 1200. The van der Waals surface area contributed by atoms with Crippen molar-refractivity contribution in [1.29, 1.82) is 0 Å². The number of aromatic carboxylic acids is 1. The van der Waals surface area contributed by atoms with Gasteiger partial charge in [0, 0.05) is 37.7 Å². The van der Waals surface area contributed by atoms with E-state index in [0.717, 1.165) is 25.7 Å². The third kappa shape index (κ3) is 3.76. The van der Waals surface area contributed by atoms with Crippen LogP contribution < -0.4 is 21.2 Å². The van der Waals surface area contributed by atoms with Crippen LogP contribution in [0.25, 0.3) is 10.9 Å². The minimum Gasteiger partial charge on any atom is -0.492 e. The van der Waals surface area contributed by atoms with Crippen LogP contribution in [0.1, 0.15) is 48.5 Å². The lowest BCUT2D eigenvalue weighted by Gasteiger charge is -2.23. The molecule has 4 rings (SSSR count). The lowest BCUT2D eigenvalue weighted by Crippen LogP contribution is -2.23. The average Bonchev–Trinajstić information content (AvgIpc) is 3.48. The molecular formula is C22H26FN5O4. The molecule has 4 N–H and O–H groups in total. The van der Waals surface area contributed by atoms with E-state index in [1.54, 1.807) is 17.1 Å². The zero-order chi connectivity index (χ0) is 22.8. The Morgan fingerprint density at radius 2 is 2.16 bits per heavy atom.